The van der Waals surface area contributed by atoms with E-state index in [1.165, 1.54) is 11.5 Å². The maximum atomic E-state index is 5.66. The minimum atomic E-state index is 0.536. The summed E-state index contributed by atoms with van der Waals surface area (Å²) in [7, 11) is 0. The Labute approximate surface area is 87.9 Å². The highest BCUT2D eigenvalue weighted by atomic mass is 32.2. The SMILES string of the molecule is NCc1ccnnc1N1CCSCC1. The number of anilines is 1. The van der Waals surface area contributed by atoms with Crippen LogP contribution in [0.1, 0.15) is 5.56 Å². The molecule has 1 aromatic heterocycles. The zero-order chi connectivity index (χ0) is 9.80. The van der Waals surface area contributed by atoms with Crippen molar-refractivity contribution in [3.8, 4) is 0 Å². The van der Waals surface area contributed by atoms with Crippen molar-refractivity contribution in [1.82, 2.24) is 10.2 Å². The fraction of sp³-hybridized carbons (Fsp3) is 0.556. The first-order chi connectivity index (χ1) is 6.92. The van der Waals surface area contributed by atoms with Crippen LogP contribution in [0.15, 0.2) is 12.3 Å². The van der Waals surface area contributed by atoms with Crippen molar-refractivity contribution in [3.05, 3.63) is 17.8 Å². The molecule has 0 spiro atoms. The molecule has 0 atom stereocenters. The molecule has 2 rings (SSSR count). The van der Waals surface area contributed by atoms with E-state index < -0.39 is 0 Å². The zero-order valence-corrected chi connectivity index (χ0v) is 8.83. The Hall–Kier alpha value is -0.810. The largest absolute Gasteiger partial charge is 0.353 e. The number of rotatable bonds is 2. The van der Waals surface area contributed by atoms with E-state index in [0.717, 1.165) is 24.5 Å². The van der Waals surface area contributed by atoms with E-state index in [-0.39, 0.29) is 0 Å². The van der Waals surface area contributed by atoms with Crippen LogP contribution in [0.5, 0.6) is 0 Å². The van der Waals surface area contributed by atoms with E-state index in [0.29, 0.717) is 6.54 Å². The number of hydrogen-bond donors (Lipinski definition) is 1. The number of thioether (sulfide) groups is 1. The molecule has 1 fully saturated rings. The summed E-state index contributed by atoms with van der Waals surface area (Å²) in [6.07, 6.45) is 1.70. The van der Waals surface area contributed by atoms with Gasteiger partial charge in [0.25, 0.3) is 0 Å². The van der Waals surface area contributed by atoms with Crippen LogP contribution < -0.4 is 10.6 Å². The van der Waals surface area contributed by atoms with Crippen molar-refractivity contribution < 1.29 is 0 Å². The molecule has 0 saturated carbocycles. The fourth-order valence-corrected chi connectivity index (χ4v) is 2.45. The molecule has 1 saturated heterocycles. The highest BCUT2D eigenvalue weighted by Crippen LogP contribution is 2.19. The van der Waals surface area contributed by atoms with E-state index >= 15 is 0 Å². The summed E-state index contributed by atoms with van der Waals surface area (Å²) in [5.41, 5.74) is 6.75. The van der Waals surface area contributed by atoms with Gasteiger partial charge < -0.3 is 10.6 Å². The third-order valence-corrected chi connectivity index (χ3v) is 3.26. The molecule has 2 N–H and O–H groups in total. The molecule has 0 aliphatic carbocycles. The lowest BCUT2D eigenvalue weighted by Gasteiger charge is -2.28. The minimum Gasteiger partial charge on any atom is -0.353 e. The fourth-order valence-electron chi connectivity index (χ4n) is 1.55. The number of nitrogens with two attached hydrogens (primary N) is 1. The van der Waals surface area contributed by atoms with Gasteiger partial charge in [0, 0.05) is 36.7 Å². The number of hydrogen-bond acceptors (Lipinski definition) is 5. The number of nitrogens with zero attached hydrogens (tertiary/aromatic N) is 3. The second-order valence-corrected chi connectivity index (χ2v) is 4.41. The van der Waals surface area contributed by atoms with Crippen molar-refractivity contribution in [1.29, 1.82) is 0 Å². The smallest absolute Gasteiger partial charge is 0.155 e. The lowest BCUT2D eigenvalue weighted by atomic mass is 10.2. The molecule has 0 aromatic carbocycles. The van der Waals surface area contributed by atoms with E-state index in [9.17, 15) is 0 Å². The lowest BCUT2D eigenvalue weighted by molar-refractivity contribution is 0.802. The van der Waals surface area contributed by atoms with Crippen LogP contribution in [0.25, 0.3) is 0 Å². The van der Waals surface area contributed by atoms with Crippen molar-refractivity contribution in [2.45, 2.75) is 6.54 Å². The summed E-state index contributed by atoms with van der Waals surface area (Å²) >= 11 is 1.99. The zero-order valence-electron chi connectivity index (χ0n) is 8.02. The minimum absolute atomic E-state index is 0.536. The summed E-state index contributed by atoms with van der Waals surface area (Å²) in [6.45, 7) is 2.64. The Morgan fingerprint density at radius 1 is 1.43 bits per heavy atom. The van der Waals surface area contributed by atoms with Gasteiger partial charge in [-0.1, -0.05) is 0 Å². The van der Waals surface area contributed by atoms with Crippen molar-refractivity contribution in [3.63, 3.8) is 0 Å². The molecule has 2 heterocycles. The third kappa shape index (κ3) is 1.99. The first kappa shape index (κ1) is 9.73. The third-order valence-electron chi connectivity index (χ3n) is 2.31. The predicted molar refractivity (Wildman–Crippen MR) is 59.5 cm³/mol. The normalized spacial score (nSPS) is 17.1. The van der Waals surface area contributed by atoms with Gasteiger partial charge in [-0.15, -0.1) is 5.10 Å². The van der Waals surface area contributed by atoms with Crippen molar-refractivity contribution in [2.24, 2.45) is 5.73 Å². The van der Waals surface area contributed by atoms with Crippen LogP contribution in [-0.4, -0.2) is 34.8 Å². The standard InChI is InChI=1S/C9H14N4S/c10-7-8-1-2-11-12-9(8)13-3-5-14-6-4-13/h1-2H,3-7,10H2. The van der Waals surface area contributed by atoms with Gasteiger partial charge in [0.05, 0.1) is 6.20 Å². The summed E-state index contributed by atoms with van der Waals surface area (Å²) in [5.74, 6) is 3.30. The average Bonchev–Trinajstić information content (AvgIpc) is 2.30. The molecular formula is C9H14N4S. The Morgan fingerprint density at radius 3 is 2.93 bits per heavy atom. The first-order valence-electron chi connectivity index (χ1n) is 4.75. The average molecular weight is 210 g/mol. The van der Waals surface area contributed by atoms with Gasteiger partial charge in [-0.25, -0.2) is 0 Å². The van der Waals surface area contributed by atoms with Gasteiger partial charge in [-0.2, -0.15) is 16.9 Å². The molecule has 0 radical (unpaired) electrons. The van der Waals surface area contributed by atoms with Gasteiger partial charge in [0.1, 0.15) is 0 Å². The molecule has 1 aliphatic heterocycles. The molecule has 5 heteroatoms. The number of aromatic nitrogens is 2. The van der Waals surface area contributed by atoms with Crippen molar-refractivity contribution in [2.75, 3.05) is 29.5 Å². The van der Waals surface area contributed by atoms with E-state index in [1.54, 1.807) is 6.20 Å². The summed E-state index contributed by atoms with van der Waals surface area (Å²) in [6, 6.07) is 1.95. The maximum Gasteiger partial charge on any atom is 0.155 e. The quantitative estimate of drug-likeness (QED) is 0.770. The first-order valence-corrected chi connectivity index (χ1v) is 5.90. The van der Waals surface area contributed by atoms with E-state index in [1.807, 2.05) is 17.8 Å². The van der Waals surface area contributed by atoms with E-state index in [2.05, 4.69) is 15.1 Å². The molecule has 76 valence electrons. The predicted octanol–water partition coefficient (Wildman–Crippen LogP) is 0.488. The molecule has 0 amide bonds. The lowest BCUT2D eigenvalue weighted by Crippen LogP contribution is -2.34. The summed E-state index contributed by atoms with van der Waals surface area (Å²) in [5, 5.41) is 8.07. The highest BCUT2D eigenvalue weighted by molar-refractivity contribution is 7.99. The van der Waals surface area contributed by atoms with Gasteiger partial charge >= 0.3 is 0 Å². The van der Waals surface area contributed by atoms with Gasteiger partial charge in [0.15, 0.2) is 5.82 Å². The Kier molecular flexibility index (Phi) is 3.21. The molecular weight excluding hydrogens is 196 g/mol. The van der Waals surface area contributed by atoms with Crippen LogP contribution in [0, 0.1) is 0 Å². The maximum absolute atomic E-state index is 5.66. The molecule has 1 aliphatic rings. The Morgan fingerprint density at radius 2 is 2.21 bits per heavy atom. The monoisotopic (exact) mass is 210 g/mol. The van der Waals surface area contributed by atoms with Crippen LogP contribution in [0.2, 0.25) is 0 Å². The van der Waals surface area contributed by atoms with Crippen LogP contribution in [0.4, 0.5) is 5.82 Å². The second-order valence-electron chi connectivity index (χ2n) is 3.18. The summed E-state index contributed by atoms with van der Waals surface area (Å²) < 4.78 is 0. The van der Waals surface area contributed by atoms with E-state index in [4.69, 9.17) is 5.73 Å². The highest BCUT2D eigenvalue weighted by Gasteiger charge is 2.15. The van der Waals surface area contributed by atoms with Gasteiger partial charge in [0.2, 0.25) is 0 Å². The molecule has 1 aromatic rings. The van der Waals surface area contributed by atoms with Crippen LogP contribution in [0.3, 0.4) is 0 Å². The second kappa shape index (κ2) is 4.61. The van der Waals surface area contributed by atoms with Crippen LogP contribution >= 0.6 is 11.8 Å². The Bertz CT molecular complexity index is 299. The van der Waals surface area contributed by atoms with Gasteiger partial charge in [-0.3, -0.25) is 0 Å². The molecule has 14 heavy (non-hydrogen) atoms. The van der Waals surface area contributed by atoms with Crippen molar-refractivity contribution >= 4 is 17.6 Å². The van der Waals surface area contributed by atoms with Gasteiger partial charge in [-0.05, 0) is 6.07 Å². The summed E-state index contributed by atoms with van der Waals surface area (Å²) in [4.78, 5) is 2.27. The molecule has 4 nitrogen and oxygen atoms in total. The molecule has 0 bridgehead atoms. The van der Waals surface area contributed by atoms with Crippen LogP contribution in [-0.2, 0) is 6.54 Å². The molecule has 0 unspecified atom stereocenters. The topological polar surface area (TPSA) is 55.0 Å². The Balaban J connectivity index is 2.20.